The van der Waals surface area contributed by atoms with Gasteiger partial charge in [-0.15, -0.1) is 0 Å². The molecule has 0 saturated carbocycles. The zero-order valence-corrected chi connectivity index (χ0v) is 21.0. The lowest BCUT2D eigenvalue weighted by Crippen LogP contribution is -1.91. The van der Waals surface area contributed by atoms with Gasteiger partial charge in [-0.05, 0) is 106 Å². The number of benzene rings is 7. The Morgan fingerprint density at radius 1 is 0.405 bits per heavy atom. The summed E-state index contributed by atoms with van der Waals surface area (Å²) in [5.74, 6) is 0. The Balaban J connectivity index is 1.40. The fraction of sp³-hybridized carbons (Fsp3) is 0.135. The topological polar surface area (TPSA) is 0 Å². The average Bonchev–Trinajstić information content (AvgIpc) is 3.46. The molecule has 0 saturated heterocycles. The van der Waals surface area contributed by atoms with Crippen molar-refractivity contribution in [1.82, 2.24) is 0 Å². The molecular formula is C37H26. The summed E-state index contributed by atoms with van der Waals surface area (Å²) >= 11 is 0. The molecule has 0 fully saturated rings. The average molecular weight is 471 g/mol. The molecule has 0 N–H and O–H groups in total. The number of aryl methyl sites for hydroxylation is 1. The maximum Gasteiger partial charge on any atom is -0.00138 e. The molecule has 37 heavy (non-hydrogen) atoms. The Labute approximate surface area is 216 Å². The van der Waals surface area contributed by atoms with Gasteiger partial charge in [0.05, 0.1) is 0 Å². The van der Waals surface area contributed by atoms with Crippen molar-refractivity contribution in [2.45, 2.75) is 32.6 Å². The molecule has 0 heteroatoms. The monoisotopic (exact) mass is 470 g/mol. The fourth-order valence-corrected chi connectivity index (χ4v) is 7.64. The third kappa shape index (κ3) is 2.35. The van der Waals surface area contributed by atoms with Crippen molar-refractivity contribution in [1.29, 1.82) is 0 Å². The normalized spacial score (nSPS) is 12.9. The molecular weight excluding hydrogens is 444 g/mol. The standard InChI is InChI=1S/C37H26/c1-2-3-4-8-21-9-7-12-24-27-17-18-30-28-15-13-25-22-10-5-6-11-23(22)26-14-16-29(35(28)34(25)26)31-19-20-32(33(21)24)37(27)36(30)31/h5-7,9-20H,2-4,8H2,1H3. The summed E-state index contributed by atoms with van der Waals surface area (Å²) < 4.78 is 0. The lowest BCUT2D eigenvalue weighted by Gasteiger charge is -2.17. The van der Waals surface area contributed by atoms with Crippen molar-refractivity contribution >= 4 is 43.1 Å². The summed E-state index contributed by atoms with van der Waals surface area (Å²) in [6, 6.07) is 35.0. The second-order valence-electron chi connectivity index (χ2n) is 11.0. The highest BCUT2D eigenvalue weighted by Crippen LogP contribution is 2.56. The van der Waals surface area contributed by atoms with Gasteiger partial charge in [-0.3, -0.25) is 0 Å². The van der Waals surface area contributed by atoms with Gasteiger partial charge in [-0.1, -0.05) is 111 Å². The predicted octanol–water partition coefficient (Wildman–Crippen LogP) is 10.8. The van der Waals surface area contributed by atoms with Crippen LogP contribution in [0, 0.1) is 0 Å². The molecule has 0 aromatic heterocycles. The Hall–Kier alpha value is -4.16. The van der Waals surface area contributed by atoms with Crippen LogP contribution in [0.25, 0.3) is 87.6 Å². The number of hydrogen-bond donors (Lipinski definition) is 0. The number of fused-ring (bicyclic) bond motifs is 8. The largest absolute Gasteiger partial charge is 0.0654 e. The molecule has 7 aromatic rings. The highest BCUT2D eigenvalue weighted by molar-refractivity contribution is 6.39. The molecule has 174 valence electrons. The molecule has 0 radical (unpaired) electrons. The number of hydrogen-bond acceptors (Lipinski definition) is 0. The van der Waals surface area contributed by atoms with Gasteiger partial charge in [0.25, 0.3) is 0 Å². The van der Waals surface area contributed by atoms with Crippen LogP contribution in [0.15, 0.2) is 91.0 Å². The second-order valence-corrected chi connectivity index (χ2v) is 11.0. The summed E-state index contributed by atoms with van der Waals surface area (Å²) in [5.41, 5.74) is 12.7. The highest BCUT2D eigenvalue weighted by Gasteiger charge is 2.28. The molecule has 0 unspecified atom stereocenters. The van der Waals surface area contributed by atoms with Crippen molar-refractivity contribution in [3.63, 3.8) is 0 Å². The Kier molecular flexibility index (Phi) is 3.77. The minimum absolute atomic E-state index is 1.16. The lowest BCUT2D eigenvalue weighted by atomic mass is 9.86. The maximum atomic E-state index is 2.42. The predicted molar refractivity (Wildman–Crippen MR) is 160 cm³/mol. The van der Waals surface area contributed by atoms with Gasteiger partial charge in [0.1, 0.15) is 0 Å². The fourth-order valence-electron chi connectivity index (χ4n) is 7.64. The summed E-state index contributed by atoms with van der Waals surface area (Å²) in [5, 5.41) is 11.3. The van der Waals surface area contributed by atoms with E-state index >= 15 is 0 Å². The van der Waals surface area contributed by atoms with Crippen molar-refractivity contribution in [2.75, 3.05) is 0 Å². The van der Waals surface area contributed by atoms with Crippen LogP contribution in [-0.2, 0) is 6.42 Å². The molecule has 0 bridgehead atoms. The second kappa shape index (κ2) is 6.99. The molecule has 2 aliphatic rings. The lowest BCUT2D eigenvalue weighted by molar-refractivity contribution is 0.718. The van der Waals surface area contributed by atoms with Crippen molar-refractivity contribution in [3.05, 3.63) is 96.6 Å². The van der Waals surface area contributed by atoms with Crippen LogP contribution in [0.1, 0.15) is 31.7 Å². The minimum atomic E-state index is 1.16. The van der Waals surface area contributed by atoms with E-state index in [1.54, 1.807) is 0 Å². The third-order valence-corrected chi connectivity index (χ3v) is 9.17. The van der Waals surface area contributed by atoms with E-state index in [0.29, 0.717) is 0 Å². The molecule has 0 amide bonds. The Morgan fingerprint density at radius 2 is 0.919 bits per heavy atom. The van der Waals surface area contributed by atoms with Crippen molar-refractivity contribution in [2.24, 2.45) is 0 Å². The highest BCUT2D eigenvalue weighted by atomic mass is 14.3. The van der Waals surface area contributed by atoms with Gasteiger partial charge in [0, 0.05) is 0 Å². The molecule has 0 nitrogen and oxygen atoms in total. The van der Waals surface area contributed by atoms with E-state index in [1.807, 2.05) is 0 Å². The van der Waals surface area contributed by atoms with E-state index in [1.165, 1.54) is 112 Å². The Bertz CT molecular complexity index is 2010. The summed E-state index contributed by atoms with van der Waals surface area (Å²) in [6.07, 6.45) is 4.98. The van der Waals surface area contributed by atoms with E-state index in [2.05, 4.69) is 97.9 Å². The molecule has 0 spiro atoms. The SMILES string of the molecule is CCCCCc1cccc2c1-c1ccc3c4ccc5c6c(ccc(c7ccc-2c1c73)c64)-c1ccccc1-5. The molecule has 0 heterocycles. The van der Waals surface area contributed by atoms with Crippen molar-refractivity contribution < 1.29 is 0 Å². The minimum Gasteiger partial charge on any atom is -0.0654 e. The van der Waals surface area contributed by atoms with Crippen LogP contribution in [0.4, 0.5) is 0 Å². The molecule has 0 atom stereocenters. The number of unbranched alkanes of at least 4 members (excludes halogenated alkanes) is 2. The van der Waals surface area contributed by atoms with Gasteiger partial charge in [-0.25, -0.2) is 0 Å². The van der Waals surface area contributed by atoms with Crippen LogP contribution >= 0.6 is 0 Å². The summed E-state index contributed by atoms with van der Waals surface area (Å²) in [7, 11) is 0. The quantitative estimate of drug-likeness (QED) is 0.136. The first-order chi connectivity index (χ1) is 18.3. The van der Waals surface area contributed by atoms with Gasteiger partial charge in [-0.2, -0.15) is 0 Å². The van der Waals surface area contributed by atoms with Gasteiger partial charge in [0.15, 0.2) is 0 Å². The third-order valence-electron chi connectivity index (χ3n) is 9.17. The summed E-state index contributed by atoms with van der Waals surface area (Å²) in [6.45, 7) is 2.29. The molecule has 0 aliphatic heterocycles. The first kappa shape index (κ1) is 20.0. The summed E-state index contributed by atoms with van der Waals surface area (Å²) in [4.78, 5) is 0. The number of rotatable bonds is 4. The first-order valence-electron chi connectivity index (χ1n) is 13.8. The zero-order chi connectivity index (χ0) is 24.2. The van der Waals surface area contributed by atoms with E-state index in [0.717, 1.165) is 6.42 Å². The zero-order valence-electron chi connectivity index (χ0n) is 21.0. The molecule has 7 aromatic carbocycles. The van der Waals surface area contributed by atoms with Crippen LogP contribution in [-0.4, -0.2) is 0 Å². The van der Waals surface area contributed by atoms with Gasteiger partial charge in [0.2, 0.25) is 0 Å². The van der Waals surface area contributed by atoms with Crippen LogP contribution in [0.3, 0.4) is 0 Å². The van der Waals surface area contributed by atoms with Gasteiger partial charge >= 0.3 is 0 Å². The first-order valence-corrected chi connectivity index (χ1v) is 13.8. The van der Waals surface area contributed by atoms with Crippen LogP contribution in [0.2, 0.25) is 0 Å². The smallest absolute Gasteiger partial charge is 0.00138 e. The van der Waals surface area contributed by atoms with Gasteiger partial charge < -0.3 is 0 Å². The Morgan fingerprint density at radius 3 is 1.51 bits per heavy atom. The van der Waals surface area contributed by atoms with E-state index in [-0.39, 0.29) is 0 Å². The van der Waals surface area contributed by atoms with E-state index in [4.69, 9.17) is 0 Å². The van der Waals surface area contributed by atoms with E-state index in [9.17, 15) is 0 Å². The molecule has 9 rings (SSSR count). The van der Waals surface area contributed by atoms with Crippen LogP contribution in [0.5, 0.6) is 0 Å². The van der Waals surface area contributed by atoms with Crippen LogP contribution < -0.4 is 0 Å². The van der Waals surface area contributed by atoms with Crippen molar-refractivity contribution in [3.8, 4) is 44.5 Å². The van der Waals surface area contributed by atoms with E-state index < -0.39 is 0 Å². The molecule has 2 aliphatic carbocycles. The maximum absolute atomic E-state index is 2.42.